The number of carbonyl (C=O) groups excluding carboxylic acids is 4. The minimum Gasteiger partial charge on any atom is -0.497 e. The van der Waals surface area contributed by atoms with E-state index in [1.54, 1.807) is 25.4 Å². The Labute approximate surface area is 238 Å². The lowest BCUT2D eigenvalue weighted by atomic mass is 10.0. The van der Waals surface area contributed by atoms with Gasteiger partial charge in [-0.05, 0) is 56.2 Å². The van der Waals surface area contributed by atoms with E-state index >= 15 is 0 Å². The van der Waals surface area contributed by atoms with E-state index in [4.69, 9.17) is 4.74 Å². The Hall–Kier alpha value is -3.73. The van der Waals surface area contributed by atoms with Gasteiger partial charge >= 0.3 is 0 Å². The molecule has 3 amide bonds. The van der Waals surface area contributed by atoms with Crippen LogP contribution in [0, 0.1) is 0 Å². The smallest absolute Gasteiger partial charge is 0.243 e. The quantitative estimate of drug-likeness (QED) is 0.236. The van der Waals surface area contributed by atoms with Gasteiger partial charge in [0.25, 0.3) is 0 Å². The van der Waals surface area contributed by atoms with Crippen LogP contribution in [-0.4, -0.2) is 67.8 Å². The van der Waals surface area contributed by atoms with Gasteiger partial charge in [-0.2, -0.15) is 0 Å². The van der Waals surface area contributed by atoms with E-state index in [1.165, 1.54) is 11.3 Å². The maximum absolute atomic E-state index is 13.2. The van der Waals surface area contributed by atoms with Gasteiger partial charge in [0.15, 0.2) is 5.13 Å². The molecule has 1 aliphatic carbocycles. The normalized spacial score (nSPS) is 16.1. The number of hydrogen-bond acceptors (Lipinski definition) is 8. The molecule has 3 N–H and O–H groups in total. The number of benzene rings is 1. The fourth-order valence-corrected chi connectivity index (χ4v) is 5.87. The van der Waals surface area contributed by atoms with Crippen molar-refractivity contribution in [1.82, 2.24) is 20.9 Å². The van der Waals surface area contributed by atoms with Gasteiger partial charge in [0, 0.05) is 30.6 Å². The molecule has 2 heterocycles. The maximum Gasteiger partial charge on any atom is 0.243 e. The summed E-state index contributed by atoms with van der Waals surface area (Å²) in [5.41, 5.74) is 1.97. The van der Waals surface area contributed by atoms with Crippen LogP contribution in [0.4, 0.5) is 5.13 Å². The zero-order valence-electron chi connectivity index (χ0n) is 22.8. The molecule has 10 nitrogen and oxygen atoms in total. The summed E-state index contributed by atoms with van der Waals surface area (Å²) in [7, 11) is 1.57. The van der Waals surface area contributed by atoms with Gasteiger partial charge < -0.3 is 30.4 Å². The number of carbonyl (C=O) groups is 4. The number of amides is 3. The van der Waals surface area contributed by atoms with E-state index in [0.29, 0.717) is 12.2 Å². The molecule has 2 atom stereocenters. The third-order valence-corrected chi connectivity index (χ3v) is 8.12. The van der Waals surface area contributed by atoms with Crippen molar-refractivity contribution in [2.75, 3.05) is 31.6 Å². The molecule has 1 aromatic carbocycles. The molecule has 1 aromatic heterocycles. The first kappa shape index (κ1) is 29.3. The minimum atomic E-state index is -0.928. The summed E-state index contributed by atoms with van der Waals surface area (Å²) in [6.07, 6.45) is 10.6. The number of allylic oxidation sites excluding steroid dienone is 1. The van der Waals surface area contributed by atoms with Crippen LogP contribution in [0.1, 0.15) is 49.0 Å². The molecule has 0 bridgehead atoms. The van der Waals surface area contributed by atoms with Gasteiger partial charge in [0.2, 0.25) is 17.7 Å². The molecule has 0 unspecified atom stereocenters. The van der Waals surface area contributed by atoms with E-state index in [9.17, 15) is 19.2 Å². The van der Waals surface area contributed by atoms with Crippen LogP contribution in [0.3, 0.4) is 0 Å². The number of nitrogens with zero attached hydrogens (tertiary/aromatic N) is 2. The Morgan fingerprint density at radius 2 is 1.85 bits per heavy atom. The summed E-state index contributed by atoms with van der Waals surface area (Å²) in [5.74, 6) is -0.569. The van der Waals surface area contributed by atoms with Crippen molar-refractivity contribution in [1.29, 1.82) is 0 Å². The van der Waals surface area contributed by atoms with Crippen LogP contribution in [-0.2, 0) is 32.0 Å². The summed E-state index contributed by atoms with van der Waals surface area (Å²) in [4.78, 5) is 57.7. The number of rotatable bonds is 14. The fraction of sp³-hybridized carbons (Fsp3) is 0.483. The van der Waals surface area contributed by atoms with Crippen molar-refractivity contribution in [2.45, 2.75) is 63.5 Å². The Balaban J connectivity index is 1.32. The van der Waals surface area contributed by atoms with Crippen LogP contribution >= 0.6 is 11.3 Å². The number of anilines is 1. The number of aldehydes is 1. The Bertz CT molecular complexity index is 1210. The summed E-state index contributed by atoms with van der Waals surface area (Å²) < 4.78 is 5.20. The number of ether oxygens (including phenoxy) is 1. The summed E-state index contributed by atoms with van der Waals surface area (Å²) >= 11 is 1.49. The van der Waals surface area contributed by atoms with Crippen LogP contribution in [0.25, 0.3) is 0 Å². The Morgan fingerprint density at radius 1 is 1.07 bits per heavy atom. The van der Waals surface area contributed by atoms with Gasteiger partial charge in [-0.15, -0.1) is 11.3 Å². The van der Waals surface area contributed by atoms with Crippen molar-refractivity contribution in [2.24, 2.45) is 0 Å². The summed E-state index contributed by atoms with van der Waals surface area (Å²) in [6.45, 7) is 1.69. The molecule has 1 saturated heterocycles. The number of hydrogen-bond donors (Lipinski definition) is 3. The second-order valence-electron chi connectivity index (χ2n) is 10.1. The molecule has 0 radical (unpaired) electrons. The van der Waals surface area contributed by atoms with E-state index in [1.807, 2.05) is 12.1 Å². The molecule has 40 heavy (non-hydrogen) atoms. The molecule has 0 spiro atoms. The molecule has 4 rings (SSSR count). The Morgan fingerprint density at radius 3 is 2.52 bits per heavy atom. The van der Waals surface area contributed by atoms with Crippen molar-refractivity contribution in [3.8, 4) is 5.75 Å². The predicted molar refractivity (Wildman–Crippen MR) is 153 cm³/mol. The molecular formula is C29H37N5O5S. The lowest BCUT2D eigenvalue weighted by molar-refractivity contribution is -0.130. The summed E-state index contributed by atoms with van der Waals surface area (Å²) in [6, 6.07) is 5.60. The standard InChI is InChI=1S/C29H37N5O5S/c1-39-23-10-8-21(9-11-23)15-25(28(38)32-22(19-35)14-20-6-2-3-7-20)33-27(37)18-30-26(36)16-24-17-31-29(40-24)34-12-4-5-13-34/h6,8-11,17,19,22,25H,2-5,7,12-16,18H2,1H3,(H,30,36)(H,32,38)(H,33,37)/t22-,25-/m0/s1. The third kappa shape index (κ3) is 8.64. The average Bonchev–Trinajstić information content (AvgIpc) is 3.75. The van der Waals surface area contributed by atoms with E-state index in [0.717, 1.165) is 72.6 Å². The minimum absolute atomic E-state index is 0.130. The van der Waals surface area contributed by atoms with E-state index < -0.39 is 23.9 Å². The highest BCUT2D eigenvalue weighted by molar-refractivity contribution is 7.15. The number of methoxy groups -OCH3 is 1. The highest BCUT2D eigenvalue weighted by Gasteiger charge is 2.25. The highest BCUT2D eigenvalue weighted by atomic mass is 32.1. The van der Waals surface area contributed by atoms with Gasteiger partial charge in [-0.3, -0.25) is 14.4 Å². The van der Waals surface area contributed by atoms with Crippen LogP contribution in [0.15, 0.2) is 42.1 Å². The SMILES string of the molecule is COc1ccc(C[C@H](NC(=O)CNC(=O)Cc2cnc(N3CCCC3)s2)C(=O)N[C@H](C=O)CC2=CCCC2)cc1. The zero-order valence-corrected chi connectivity index (χ0v) is 23.6. The number of nitrogens with one attached hydrogen (secondary N) is 3. The van der Waals surface area contributed by atoms with Crippen molar-refractivity contribution in [3.63, 3.8) is 0 Å². The fourth-order valence-electron chi connectivity index (χ4n) is 4.91. The molecule has 2 aromatic rings. The van der Waals surface area contributed by atoms with Crippen molar-refractivity contribution >= 4 is 40.5 Å². The average molecular weight is 568 g/mol. The third-order valence-electron chi connectivity index (χ3n) is 7.06. The molecule has 1 aliphatic heterocycles. The lowest BCUT2D eigenvalue weighted by Gasteiger charge is -2.21. The first-order valence-corrected chi connectivity index (χ1v) is 14.6. The second-order valence-corrected chi connectivity index (χ2v) is 11.2. The number of aromatic nitrogens is 1. The van der Waals surface area contributed by atoms with Gasteiger partial charge in [0.05, 0.1) is 26.1 Å². The van der Waals surface area contributed by atoms with Gasteiger partial charge in [-0.1, -0.05) is 23.8 Å². The first-order chi connectivity index (χ1) is 19.4. The number of thiazole rings is 1. The molecule has 2 aliphatic rings. The molecule has 1 fully saturated rings. The summed E-state index contributed by atoms with van der Waals surface area (Å²) in [5, 5.41) is 9.07. The van der Waals surface area contributed by atoms with Crippen LogP contribution < -0.4 is 25.6 Å². The van der Waals surface area contributed by atoms with Crippen LogP contribution in [0.5, 0.6) is 5.75 Å². The monoisotopic (exact) mass is 567 g/mol. The molecule has 11 heteroatoms. The van der Waals surface area contributed by atoms with E-state index in [-0.39, 0.29) is 25.3 Å². The molecule has 214 valence electrons. The largest absolute Gasteiger partial charge is 0.497 e. The second kappa shape index (κ2) is 14.6. The van der Waals surface area contributed by atoms with Crippen molar-refractivity contribution < 1.29 is 23.9 Å². The zero-order chi connectivity index (χ0) is 28.3. The van der Waals surface area contributed by atoms with Crippen molar-refractivity contribution in [3.05, 3.63) is 52.6 Å². The maximum atomic E-state index is 13.2. The molecular weight excluding hydrogens is 530 g/mol. The van der Waals surface area contributed by atoms with Gasteiger partial charge in [-0.25, -0.2) is 4.98 Å². The Kier molecular flexibility index (Phi) is 10.7. The predicted octanol–water partition coefficient (Wildman–Crippen LogP) is 2.32. The first-order valence-electron chi connectivity index (χ1n) is 13.8. The topological polar surface area (TPSA) is 130 Å². The lowest BCUT2D eigenvalue weighted by Crippen LogP contribution is -2.53. The van der Waals surface area contributed by atoms with Gasteiger partial charge in [0.1, 0.15) is 18.1 Å². The highest BCUT2D eigenvalue weighted by Crippen LogP contribution is 2.26. The van der Waals surface area contributed by atoms with Crippen LogP contribution in [0.2, 0.25) is 0 Å². The molecule has 0 saturated carbocycles. The van der Waals surface area contributed by atoms with E-state index in [2.05, 4.69) is 31.9 Å².